The highest BCUT2D eigenvalue weighted by Gasteiger charge is 2.49. The summed E-state index contributed by atoms with van der Waals surface area (Å²) in [6.45, 7) is 0.391. The molecule has 1 heterocycles. The largest absolute Gasteiger partial charge is 0.416 e. The second-order valence-electron chi connectivity index (χ2n) is 11.6. The molecular weight excluding hydrogens is 587 g/mol. The molecule has 7 nitrogen and oxygen atoms in total. The number of nitrogens with zero attached hydrogens (tertiary/aromatic N) is 3. The third-order valence-electron chi connectivity index (χ3n) is 8.45. The quantitative estimate of drug-likeness (QED) is 0.286. The standard InChI is InChI=1S/C33H36F3N5O2S/c1-39(2)27-16-14-26(15-17-27)37-30(43)32(18-6-7-19-32)41(20-23-10-12-25(13-11-23)33(34,35)36)29(42)22-40-21-28(38-31(40)44)24-8-4-3-5-9-24/h3-5,8-17,28H,6-7,18-22H2,1-2H3,(H,37,43)(H,38,44)/t28-/m1/s1. The van der Waals surface area contributed by atoms with E-state index in [1.165, 1.54) is 12.1 Å². The number of alkyl halides is 3. The summed E-state index contributed by atoms with van der Waals surface area (Å²) in [5.41, 5.74) is 1.18. The lowest BCUT2D eigenvalue weighted by Gasteiger charge is -2.41. The van der Waals surface area contributed by atoms with Gasteiger partial charge in [0.1, 0.15) is 5.54 Å². The number of hydrogen-bond acceptors (Lipinski definition) is 4. The maximum Gasteiger partial charge on any atom is 0.416 e. The van der Waals surface area contributed by atoms with Crippen LogP contribution in [0.1, 0.15) is 48.4 Å². The summed E-state index contributed by atoms with van der Waals surface area (Å²) in [7, 11) is 3.85. The first-order valence-corrected chi connectivity index (χ1v) is 15.0. The molecule has 1 aliphatic carbocycles. The number of rotatable bonds is 9. The van der Waals surface area contributed by atoms with E-state index in [9.17, 15) is 22.8 Å². The Bertz CT molecular complexity index is 1470. The number of nitrogens with one attached hydrogen (secondary N) is 2. The highest BCUT2D eigenvalue weighted by molar-refractivity contribution is 7.80. The lowest BCUT2D eigenvalue weighted by molar-refractivity contribution is -0.146. The molecule has 0 spiro atoms. The van der Waals surface area contributed by atoms with E-state index in [4.69, 9.17) is 12.2 Å². The van der Waals surface area contributed by atoms with Gasteiger partial charge >= 0.3 is 6.18 Å². The van der Waals surface area contributed by atoms with Gasteiger partial charge in [0.15, 0.2) is 5.11 Å². The van der Waals surface area contributed by atoms with E-state index >= 15 is 0 Å². The lowest BCUT2D eigenvalue weighted by atomic mass is 9.92. The molecule has 44 heavy (non-hydrogen) atoms. The molecule has 3 aromatic rings. The van der Waals surface area contributed by atoms with Gasteiger partial charge < -0.3 is 25.3 Å². The van der Waals surface area contributed by atoms with Gasteiger partial charge in [-0.2, -0.15) is 13.2 Å². The fourth-order valence-corrected chi connectivity index (χ4v) is 6.26. The SMILES string of the molecule is CN(C)c1ccc(NC(=O)C2(N(Cc3ccc(C(F)(F)F)cc3)C(=O)CN3C[C@H](c4ccccc4)NC3=S)CCCC2)cc1. The first-order valence-electron chi connectivity index (χ1n) is 14.6. The van der Waals surface area contributed by atoms with E-state index in [1.807, 2.05) is 73.6 Å². The van der Waals surface area contributed by atoms with Gasteiger partial charge in [0.25, 0.3) is 0 Å². The van der Waals surface area contributed by atoms with Crippen LogP contribution in [0.3, 0.4) is 0 Å². The van der Waals surface area contributed by atoms with Gasteiger partial charge in [0.05, 0.1) is 18.2 Å². The maximum atomic E-state index is 14.2. The minimum atomic E-state index is -4.48. The number of anilines is 2. The van der Waals surface area contributed by atoms with Crippen molar-refractivity contribution in [2.45, 2.75) is 50.0 Å². The minimum absolute atomic E-state index is 0.0138. The number of amides is 2. The molecule has 232 valence electrons. The molecule has 0 aromatic heterocycles. The van der Waals surface area contributed by atoms with Crippen LogP contribution in [0.25, 0.3) is 0 Å². The zero-order valence-electron chi connectivity index (χ0n) is 24.7. The highest BCUT2D eigenvalue weighted by atomic mass is 32.1. The first-order chi connectivity index (χ1) is 21.0. The second-order valence-corrected chi connectivity index (χ2v) is 12.0. The predicted octanol–water partition coefficient (Wildman–Crippen LogP) is 5.98. The van der Waals surface area contributed by atoms with Crippen molar-refractivity contribution in [1.82, 2.24) is 15.1 Å². The van der Waals surface area contributed by atoms with E-state index in [0.717, 1.165) is 36.2 Å². The summed E-state index contributed by atoms with van der Waals surface area (Å²) < 4.78 is 39.8. The van der Waals surface area contributed by atoms with Crippen molar-refractivity contribution >= 4 is 40.5 Å². The maximum absolute atomic E-state index is 14.2. The second kappa shape index (κ2) is 12.9. The van der Waals surface area contributed by atoms with Crippen molar-refractivity contribution < 1.29 is 22.8 Å². The summed E-state index contributed by atoms with van der Waals surface area (Å²) in [6.07, 6.45) is -2.11. The Balaban J connectivity index is 1.42. The third-order valence-corrected chi connectivity index (χ3v) is 8.83. The fourth-order valence-electron chi connectivity index (χ4n) is 5.98. The van der Waals surface area contributed by atoms with Crippen molar-refractivity contribution in [3.8, 4) is 0 Å². The first kappa shape index (κ1) is 31.3. The van der Waals surface area contributed by atoms with Gasteiger partial charge in [-0.3, -0.25) is 9.59 Å². The number of benzene rings is 3. The van der Waals surface area contributed by atoms with E-state index in [-0.39, 0.29) is 30.9 Å². The normalized spacial score (nSPS) is 17.7. The highest BCUT2D eigenvalue weighted by Crippen LogP contribution is 2.39. The third kappa shape index (κ3) is 6.83. The van der Waals surface area contributed by atoms with Gasteiger partial charge in [-0.05, 0) is 72.6 Å². The fraction of sp³-hybridized carbons (Fsp3) is 0.364. The smallest absolute Gasteiger partial charge is 0.378 e. The molecule has 1 saturated carbocycles. The van der Waals surface area contributed by atoms with Gasteiger partial charge in [-0.15, -0.1) is 0 Å². The molecule has 2 fully saturated rings. The van der Waals surface area contributed by atoms with E-state index in [1.54, 1.807) is 9.80 Å². The summed E-state index contributed by atoms with van der Waals surface area (Å²) in [5, 5.41) is 6.74. The molecule has 1 atom stereocenters. The zero-order valence-corrected chi connectivity index (χ0v) is 25.5. The average Bonchev–Trinajstić information content (AvgIpc) is 3.64. The molecule has 1 saturated heterocycles. The van der Waals surface area contributed by atoms with Gasteiger partial charge in [-0.25, -0.2) is 0 Å². The molecule has 0 unspecified atom stereocenters. The summed E-state index contributed by atoms with van der Waals surface area (Å²) in [4.78, 5) is 33.6. The van der Waals surface area contributed by atoms with Crippen molar-refractivity contribution in [2.24, 2.45) is 0 Å². The van der Waals surface area contributed by atoms with Crippen molar-refractivity contribution in [3.63, 3.8) is 0 Å². The van der Waals surface area contributed by atoms with Gasteiger partial charge in [0.2, 0.25) is 11.8 Å². The van der Waals surface area contributed by atoms with E-state index in [0.29, 0.717) is 35.7 Å². The molecule has 11 heteroatoms. The Morgan fingerprint density at radius 1 is 0.977 bits per heavy atom. The van der Waals surface area contributed by atoms with Gasteiger partial charge in [-0.1, -0.05) is 55.3 Å². The van der Waals surface area contributed by atoms with Crippen LogP contribution < -0.4 is 15.5 Å². The Morgan fingerprint density at radius 3 is 2.20 bits per heavy atom. The van der Waals surface area contributed by atoms with Crippen LogP contribution in [0.2, 0.25) is 0 Å². The lowest BCUT2D eigenvalue weighted by Crippen LogP contribution is -2.59. The predicted molar refractivity (Wildman–Crippen MR) is 169 cm³/mol. The zero-order chi connectivity index (χ0) is 31.5. The Kier molecular flexibility index (Phi) is 9.15. The Labute approximate surface area is 261 Å². The van der Waals surface area contributed by atoms with E-state index < -0.39 is 17.3 Å². The molecule has 2 N–H and O–H groups in total. The molecule has 1 aliphatic heterocycles. The molecule has 3 aromatic carbocycles. The van der Waals surface area contributed by atoms with Crippen LogP contribution in [0.5, 0.6) is 0 Å². The Hall–Kier alpha value is -4.12. The number of halogens is 3. The van der Waals surface area contributed by atoms with Crippen molar-refractivity contribution in [1.29, 1.82) is 0 Å². The molecule has 0 radical (unpaired) electrons. The number of carbonyl (C=O) groups excluding carboxylic acids is 2. The average molecular weight is 624 g/mol. The van der Waals surface area contributed by atoms with E-state index in [2.05, 4.69) is 10.6 Å². The molecule has 5 rings (SSSR count). The molecule has 2 amide bonds. The molecular formula is C33H36F3N5O2S. The number of thiocarbonyl (C=S) groups is 1. The van der Waals surface area contributed by atoms with Crippen LogP contribution in [0, 0.1) is 0 Å². The van der Waals surface area contributed by atoms with Crippen molar-refractivity contribution in [2.75, 3.05) is 37.4 Å². The molecule has 0 bridgehead atoms. The van der Waals surface area contributed by atoms with Crippen LogP contribution >= 0.6 is 12.2 Å². The molecule has 2 aliphatic rings. The number of hydrogen-bond donors (Lipinski definition) is 2. The summed E-state index contributed by atoms with van der Waals surface area (Å²) in [5.74, 6) is -0.625. The van der Waals surface area contributed by atoms with Crippen molar-refractivity contribution in [3.05, 3.63) is 95.6 Å². The Morgan fingerprint density at radius 2 is 1.61 bits per heavy atom. The van der Waals surface area contributed by atoms with Crippen LogP contribution in [-0.2, 0) is 22.3 Å². The van der Waals surface area contributed by atoms with Crippen LogP contribution in [-0.4, -0.2) is 59.5 Å². The minimum Gasteiger partial charge on any atom is -0.378 e. The summed E-state index contributed by atoms with van der Waals surface area (Å²) >= 11 is 5.59. The number of carbonyl (C=O) groups is 2. The summed E-state index contributed by atoms with van der Waals surface area (Å²) in [6, 6.07) is 21.9. The van der Waals surface area contributed by atoms with Crippen LogP contribution in [0.4, 0.5) is 24.5 Å². The van der Waals surface area contributed by atoms with Gasteiger partial charge in [0, 0.05) is 38.6 Å². The monoisotopic (exact) mass is 623 g/mol. The topological polar surface area (TPSA) is 67.9 Å². The van der Waals surface area contributed by atoms with Crippen LogP contribution in [0.15, 0.2) is 78.9 Å².